The first kappa shape index (κ1) is 27.8. The van der Waals surface area contributed by atoms with E-state index in [1.165, 1.54) is 0 Å². The van der Waals surface area contributed by atoms with Crippen LogP contribution in [0.15, 0.2) is 36.4 Å². The van der Waals surface area contributed by atoms with Crippen molar-refractivity contribution in [3.05, 3.63) is 47.5 Å². The van der Waals surface area contributed by atoms with Crippen molar-refractivity contribution in [2.24, 2.45) is 0 Å². The van der Waals surface area contributed by atoms with Crippen molar-refractivity contribution in [1.82, 2.24) is 4.72 Å². The number of rotatable bonds is 15. The fraction of sp³-hybridized carbons (Fsp3) is 0.417. The molecule has 2 aromatic rings. The minimum absolute atomic E-state index is 0.0353. The quantitative estimate of drug-likeness (QED) is 0.332. The SMILES string of the molecule is CCCS(=O)(=O)NCC(Nc1ccc(C#N)cc1)c1cc(OCC)c(OCC)cc1OCC(=O)O. The summed E-state index contributed by atoms with van der Waals surface area (Å²) >= 11 is 0. The molecule has 0 radical (unpaired) electrons. The number of anilines is 1. The van der Waals surface area contributed by atoms with Crippen LogP contribution in [0.25, 0.3) is 0 Å². The smallest absolute Gasteiger partial charge is 0.341 e. The molecule has 0 aliphatic rings. The lowest BCUT2D eigenvalue weighted by atomic mass is 10.0. The number of carboxylic acid groups (broad SMARTS) is 1. The summed E-state index contributed by atoms with van der Waals surface area (Å²) in [6.45, 7) is 5.44. The molecular formula is C24H31N3O7S. The van der Waals surface area contributed by atoms with Gasteiger partial charge in [0.05, 0.1) is 36.6 Å². The molecule has 0 bridgehead atoms. The molecule has 0 fully saturated rings. The van der Waals surface area contributed by atoms with E-state index in [2.05, 4.69) is 10.0 Å². The number of ether oxygens (including phenoxy) is 3. The normalized spacial score (nSPS) is 11.8. The average Bonchev–Trinajstić information content (AvgIpc) is 2.82. The number of nitriles is 1. The van der Waals surface area contributed by atoms with E-state index >= 15 is 0 Å². The second-order valence-electron chi connectivity index (χ2n) is 7.44. The Morgan fingerprint density at radius 2 is 1.66 bits per heavy atom. The fourth-order valence-electron chi connectivity index (χ4n) is 3.26. The summed E-state index contributed by atoms with van der Waals surface area (Å²) in [4.78, 5) is 11.2. The molecule has 0 heterocycles. The molecule has 1 atom stereocenters. The molecule has 3 N–H and O–H groups in total. The summed E-state index contributed by atoms with van der Waals surface area (Å²) in [6.07, 6.45) is 0.452. The number of nitrogens with one attached hydrogen (secondary N) is 2. The van der Waals surface area contributed by atoms with Gasteiger partial charge < -0.3 is 24.6 Å². The molecule has 35 heavy (non-hydrogen) atoms. The van der Waals surface area contributed by atoms with Gasteiger partial charge in [-0.1, -0.05) is 6.92 Å². The number of carbonyl (C=O) groups is 1. The molecule has 2 aromatic carbocycles. The lowest BCUT2D eigenvalue weighted by Crippen LogP contribution is -2.33. The van der Waals surface area contributed by atoms with Gasteiger partial charge in [0.15, 0.2) is 18.1 Å². The fourth-order valence-corrected chi connectivity index (χ4v) is 4.36. The summed E-state index contributed by atoms with van der Waals surface area (Å²) in [5, 5.41) is 21.5. The molecule has 1 unspecified atom stereocenters. The van der Waals surface area contributed by atoms with Gasteiger partial charge in [0, 0.05) is 23.9 Å². The highest BCUT2D eigenvalue weighted by Gasteiger charge is 2.23. The zero-order valence-electron chi connectivity index (χ0n) is 20.0. The van der Waals surface area contributed by atoms with Gasteiger partial charge in [-0.3, -0.25) is 0 Å². The number of aliphatic carboxylic acids is 1. The van der Waals surface area contributed by atoms with Gasteiger partial charge in [0.1, 0.15) is 5.75 Å². The molecule has 0 amide bonds. The maximum Gasteiger partial charge on any atom is 0.341 e. The molecular weight excluding hydrogens is 474 g/mol. The standard InChI is InChI=1S/C24H31N3O7S/c1-4-11-35(30,31)26-15-20(27-18-9-7-17(14-25)8-10-18)19-12-22(32-5-2)23(33-6-3)13-21(19)34-16-24(28)29/h7-10,12-13,20,26-27H,4-6,11,15-16H2,1-3H3,(H,28,29). The maximum absolute atomic E-state index is 12.4. The molecule has 190 valence electrons. The first-order valence-corrected chi connectivity index (χ1v) is 12.9. The van der Waals surface area contributed by atoms with Crippen LogP contribution in [0.3, 0.4) is 0 Å². The van der Waals surface area contributed by atoms with Crippen LogP contribution in [-0.2, 0) is 14.8 Å². The highest BCUT2D eigenvalue weighted by Crippen LogP contribution is 2.39. The Morgan fingerprint density at radius 1 is 1.03 bits per heavy atom. The molecule has 2 rings (SSSR count). The van der Waals surface area contributed by atoms with E-state index in [-0.39, 0.29) is 18.0 Å². The van der Waals surface area contributed by atoms with Gasteiger partial charge in [0.2, 0.25) is 10.0 Å². The van der Waals surface area contributed by atoms with Crippen molar-refractivity contribution >= 4 is 21.7 Å². The molecule has 0 aliphatic heterocycles. The van der Waals surface area contributed by atoms with Crippen LogP contribution >= 0.6 is 0 Å². The predicted molar refractivity (Wildman–Crippen MR) is 132 cm³/mol. The van der Waals surface area contributed by atoms with Crippen LogP contribution in [0.5, 0.6) is 17.2 Å². The predicted octanol–water partition coefficient (Wildman–Crippen LogP) is 3.30. The van der Waals surface area contributed by atoms with Crippen LogP contribution in [0.4, 0.5) is 5.69 Å². The second-order valence-corrected chi connectivity index (χ2v) is 9.37. The highest BCUT2D eigenvalue weighted by molar-refractivity contribution is 7.89. The third kappa shape index (κ3) is 8.66. The Labute approximate surface area is 205 Å². The molecule has 0 saturated carbocycles. The van der Waals surface area contributed by atoms with Crippen LogP contribution in [0, 0.1) is 11.3 Å². The number of hydrogen-bond acceptors (Lipinski definition) is 8. The van der Waals surface area contributed by atoms with Crippen LogP contribution < -0.4 is 24.2 Å². The van der Waals surface area contributed by atoms with Crippen LogP contribution in [0.1, 0.15) is 44.4 Å². The Bertz CT molecular complexity index is 1130. The van der Waals surface area contributed by atoms with E-state index in [0.29, 0.717) is 47.9 Å². The van der Waals surface area contributed by atoms with E-state index in [0.717, 1.165) is 0 Å². The zero-order valence-corrected chi connectivity index (χ0v) is 20.9. The Balaban J connectivity index is 2.56. The Kier molecular flexibility index (Phi) is 10.6. The summed E-state index contributed by atoms with van der Waals surface area (Å²) in [5.74, 6) is -0.202. The summed E-state index contributed by atoms with van der Waals surface area (Å²) in [5.41, 5.74) is 1.57. The molecule has 0 aliphatic carbocycles. The largest absolute Gasteiger partial charge is 0.490 e. The molecule has 10 nitrogen and oxygen atoms in total. The Morgan fingerprint density at radius 3 is 2.20 bits per heavy atom. The van der Waals surface area contributed by atoms with Crippen molar-refractivity contribution in [2.75, 3.05) is 37.4 Å². The summed E-state index contributed by atoms with van der Waals surface area (Å²) in [7, 11) is -3.54. The third-order valence-electron chi connectivity index (χ3n) is 4.74. The van der Waals surface area contributed by atoms with E-state index in [4.69, 9.17) is 24.6 Å². The lowest BCUT2D eigenvalue weighted by Gasteiger charge is -2.25. The topological polar surface area (TPSA) is 147 Å². The number of sulfonamides is 1. The van der Waals surface area contributed by atoms with Crippen LogP contribution in [-0.4, -0.2) is 51.6 Å². The van der Waals surface area contributed by atoms with Gasteiger partial charge in [-0.25, -0.2) is 17.9 Å². The molecule has 0 saturated heterocycles. The Hall–Kier alpha value is -3.49. The van der Waals surface area contributed by atoms with Gasteiger partial charge >= 0.3 is 5.97 Å². The molecule has 0 spiro atoms. The van der Waals surface area contributed by atoms with Gasteiger partial charge in [-0.15, -0.1) is 0 Å². The monoisotopic (exact) mass is 505 g/mol. The molecule has 11 heteroatoms. The summed E-state index contributed by atoms with van der Waals surface area (Å²) < 4.78 is 44.3. The number of carboxylic acids is 1. The highest BCUT2D eigenvalue weighted by atomic mass is 32.2. The zero-order chi connectivity index (χ0) is 25.8. The lowest BCUT2D eigenvalue weighted by molar-refractivity contribution is -0.139. The van der Waals surface area contributed by atoms with Crippen molar-refractivity contribution < 1.29 is 32.5 Å². The van der Waals surface area contributed by atoms with E-state index in [1.807, 2.05) is 13.0 Å². The van der Waals surface area contributed by atoms with E-state index < -0.39 is 28.6 Å². The third-order valence-corrected chi connectivity index (χ3v) is 6.29. The average molecular weight is 506 g/mol. The number of nitrogens with zero attached hydrogens (tertiary/aromatic N) is 1. The first-order valence-electron chi connectivity index (χ1n) is 11.2. The van der Waals surface area contributed by atoms with Crippen molar-refractivity contribution in [1.29, 1.82) is 5.26 Å². The summed E-state index contributed by atoms with van der Waals surface area (Å²) in [6, 6.07) is 11.2. The van der Waals surface area contributed by atoms with Gasteiger partial charge in [-0.2, -0.15) is 5.26 Å². The van der Waals surface area contributed by atoms with Gasteiger partial charge in [0.25, 0.3) is 0 Å². The van der Waals surface area contributed by atoms with Crippen molar-refractivity contribution in [2.45, 2.75) is 33.2 Å². The van der Waals surface area contributed by atoms with Crippen molar-refractivity contribution in [3.8, 4) is 23.3 Å². The van der Waals surface area contributed by atoms with Gasteiger partial charge in [-0.05, 0) is 50.6 Å². The minimum Gasteiger partial charge on any atom is -0.490 e. The first-order chi connectivity index (χ1) is 16.7. The minimum atomic E-state index is -3.54. The number of benzene rings is 2. The maximum atomic E-state index is 12.4. The molecule has 0 aromatic heterocycles. The van der Waals surface area contributed by atoms with Crippen LogP contribution in [0.2, 0.25) is 0 Å². The van der Waals surface area contributed by atoms with E-state index in [1.54, 1.807) is 50.2 Å². The number of hydrogen-bond donors (Lipinski definition) is 3. The van der Waals surface area contributed by atoms with Crippen molar-refractivity contribution in [3.63, 3.8) is 0 Å². The second kappa shape index (κ2) is 13.4. The van der Waals surface area contributed by atoms with E-state index in [9.17, 15) is 13.2 Å².